The summed E-state index contributed by atoms with van der Waals surface area (Å²) in [4.78, 5) is 4.32. The van der Waals surface area contributed by atoms with Crippen molar-refractivity contribution in [3.8, 4) is 0 Å². The van der Waals surface area contributed by atoms with E-state index in [1.54, 1.807) is 13.2 Å². The largest absolute Gasteiger partial charge is 0.374 e. The number of aromatic nitrogens is 2. The maximum absolute atomic E-state index is 5.93. The van der Waals surface area contributed by atoms with Gasteiger partial charge >= 0.3 is 0 Å². The number of guanidine groups is 1. The minimum absolute atomic E-state index is 0.106. The van der Waals surface area contributed by atoms with E-state index in [2.05, 4.69) is 64.0 Å². The smallest absolute Gasteiger partial charge is 0.191 e. The number of hydrogen-bond acceptors (Lipinski definition) is 3. The maximum atomic E-state index is 5.93. The summed E-state index contributed by atoms with van der Waals surface area (Å²) in [7, 11) is 1.79. The Labute approximate surface area is 179 Å². The van der Waals surface area contributed by atoms with Crippen molar-refractivity contribution in [2.45, 2.75) is 32.5 Å². The molecule has 0 aliphatic heterocycles. The normalized spacial score (nSPS) is 12.5. The van der Waals surface area contributed by atoms with Crippen molar-refractivity contribution >= 4 is 5.96 Å². The Bertz CT molecular complexity index is 893. The molecule has 1 aromatic heterocycles. The average Bonchev–Trinajstić information content (AvgIpc) is 3.30. The lowest BCUT2D eigenvalue weighted by Gasteiger charge is -2.16. The summed E-state index contributed by atoms with van der Waals surface area (Å²) in [6.45, 7) is 5.05. The Hall–Kier alpha value is -3.12. The standard InChI is InChI=1S/C24H31N5O/c1-20(21-10-4-3-5-11-21)30-17-9-14-26-24(25-2)27-18-22-12-6-7-13-23(22)19-29-16-8-15-28-29/h3-8,10-13,15-16,20H,9,14,17-19H2,1-2H3,(H2,25,26,27). The van der Waals surface area contributed by atoms with Crippen molar-refractivity contribution < 1.29 is 4.74 Å². The van der Waals surface area contributed by atoms with Gasteiger partial charge in [-0.2, -0.15) is 5.10 Å². The van der Waals surface area contributed by atoms with Crippen LogP contribution >= 0.6 is 0 Å². The first-order valence-corrected chi connectivity index (χ1v) is 10.4. The SMILES string of the molecule is CN=C(NCCCOC(C)c1ccccc1)NCc1ccccc1Cn1cccn1. The van der Waals surface area contributed by atoms with E-state index in [4.69, 9.17) is 4.74 Å². The zero-order valence-electron chi connectivity index (χ0n) is 17.8. The predicted molar refractivity (Wildman–Crippen MR) is 121 cm³/mol. The molecule has 0 fully saturated rings. The molecule has 6 nitrogen and oxygen atoms in total. The van der Waals surface area contributed by atoms with E-state index in [0.717, 1.165) is 25.5 Å². The van der Waals surface area contributed by atoms with Crippen LogP contribution in [-0.4, -0.2) is 35.9 Å². The van der Waals surface area contributed by atoms with E-state index < -0.39 is 0 Å². The minimum Gasteiger partial charge on any atom is -0.374 e. The van der Waals surface area contributed by atoms with Crippen molar-refractivity contribution in [3.05, 3.63) is 89.7 Å². The second kappa shape index (κ2) is 11.8. The van der Waals surface area contributed by atoms with Crippen molar-refractivity contribution in [2.24, 2.45) is 4.99 Å². The van der Waals surface area contributed by atoms with Crippen LogP contribution in [0.15, 0.2) is 78.0 Å². The van der Waals surface area contributed by atoms with Crippen LogP contribution in [0.5, 0.6) is 0 Å². The van der Waals surface area contributed by atoms with Gasteiger partial charge in [0.1, 0.15) is 0 Å². The fourth-order valence-corrected chi connectivity index (χ4v) is 3.21. The zero-order valence-corrected chi connectivity index (χ0v) is 17.8. The van der Waals surface area contributed by atoms with Gasteiger partial charge in [-0.05, 0) is 36.1 Å². The van der Waals surface area contributed by atoms with Crippen LogP contribution in [0, 0.1) is 0 Å². The molecule has 2 N–H and O–H groups in total. The first kappa shape index (κ1) is 21.6. The van der Waals surface area contributed by atoms with Gasteiger partial charge in [-0.25, -0.2) is 0 Å². The fraction of sp³-hybridized carbons (Fsp3) is 0.333. The molecule has 0 aliphatic rings. The number of nitrogens with one attached hydrogen (secondary N) is 2. The molecule has 0 radical (unpaired) electrons. The summed E-state index contributed by atoms with van der Waals surface area (Å²) in [5.74, 6) is 0.792. The third kappa shape index (κ3) is 6.74. The van der Waals surface area contributed by atoms with Gasteiger partial charge in [0, 0.05) is 39.1 Å². The molecule has 0 saturated heterocycles. The van der Waals surface area contributed by atoms with Crippen LogP contribution in [0.3, 0.4) is 0 Å². The van der Waals surface area contributed by atoms with Crippen LogP contribution < -0.4 is 10.6 Å². The molecule has 0 bridgehead atoms. The summed E-state index contributed by atoms with van der Waals surface area (Å²) in [6, 6.07) is 20.6. The topological polar surface area (TPSA) is 63.5 Å². The first-order chi connectivity index (χ1) is 14.8. The summed E-state index contributed by atoms with van der Waals surface area (Å²) < 4.78 is 7.86. The summed E-state index contributed by atoms with van der Waals surface area (Å²) in [6.07, 6.45) is 4.80. The van der Waals surface area contributed by atoms with Crippen molar-refractivity contribution in [1.29, 1.82) is 0 Å². The molecule has 6 heteroatoms. The molecular formula is C24H31N5O. The highest BCUT2D eigenvalue weighted by molar-refractivity contribution is 5.79. The number of benzene rings is 2. The predicted octanol–water partition coefficient (Wildman–Crippen LogP) is 3.76. The Kier molecular flexibility index (Phi) is 8.47. The van der Waals surface area contributed by atoms with Crippen LogP contribution in [0.1, 0.15) is 36.1 Å². The Morgan fingerprint density at radius 2 is 1.80 bits per heavy atom. The Morgan fingerprint density at radius 3 is 2.53 bits per heavy atom. The Morgan fingerprint density at radius 1 is 1.03 bits per heavy atom. The Balaban J connectivity index is 1.39. The van der Waals surface area contributed by atoms with Gasteiger partial charge in [0.15, 0.2) is 5.96 Å². The molecule has 3 rings (SSSR count). The van der Waals surface area contributed by atoms with Crippen molar-refractivity contribution in [1.82, 2.24) is 20.4 Å². The van der Waals surface area contributed by atoms with Gasteiger partial charge in [-0.3, -0.25) is 9.67 Å². The lowest BCUT2D eigenvalue weighted by molar-refractivity contribution is 0.0646. The summed E-state index contributed by atoms with van der Waals surface area (Å²) >= 11 is 0. The van der Waals surface area contributed by atoms with Gasteiger partial charge < -0.3 is 15.4 Å². The molecular weight excluding hydrogens is 374 g/mol. The third-order valence-corrected chi connectivity index (χ3v) is 4.93. The van der Waals surface area contributed by atoms with E-state index in [1.807, 2.05) is 35.1 Å². The highest BCUT2D eigenvalue weighted by atomic mass is 16.5. The zero-order chi connectivity index (χ0) is 21.0. The van der Waals surface area contributed by atoms with Gasteiger partial charge in [0.2, 0.25) is 0 Å². The molecule has 1 atom stereocenters. The molecule has 30 heavy (non-hydrogen) atoms. The van der Waals surface area contributed by atoms with Crippen molar-refractivity contribution in [2.75, 3.05) is 20.2 Å². The third-order valence-electron chi connectivity index (χ3n) is 4.93. The van der Waals surface area contributed by atoms with Crippen LogP contribution in [0.25, 0.3) is 0 Å². The highest BCUT2D eigenvalue weighted by Crippen LogP contribution is 2.15. The molecule has 1 heterocycles. The summed E-state index contributed by atoms with van der Waals surface area (Å²) in [5, 5.41) is 11.1. The van der Waals surface area contributed by atoms with E-state index >= 15 is 0 Å². The van der Waals surface area contributed by atoms with Crippen molar-refractivity contribution in [3.63, 3.8) is 0 Å². The summed E-state index contributed by atoms with van der Waals surface area (Å²) in [5.41, 5.74) is 3.68. The molecule has 0 amide bonds. The van der Waals surface area contributed by atoms with Crippen LogP contribution in [0.2, 0.25) is 0 Å². The number of ether oxygens (including phenoxy) is 1. The van der Waals surface area contributed by atoms with Crippen LogP contribution in [0.4, 0.5) is 0 Å². The second-order valence-corrected chi connectivity index (χ2v) is 7.10. The highest BCUT2D eigenvalue weighted by Gasteiger charge is 2.06. The van der Waals surface area contributed by atoms with E-state index in [0.29, 0.717) is 13.2 Å². The lowest BCUT2D eigenvalue weighted by atomic mass is 10.1. The number of aliphatic imine (C=N–C) groups is 1. The molecule has 3 aromatic rings. The van der Waals surface area contributed by atoms with Gasteiger partial charge in [0.25, 0.3) is 0 Å². The monoisotopic (exact) mass is 405 g/mol. The minimum atomic E-state index is 0.106. The molecule has 158 valence electrons. The van der Waals surface area contributed by atoms with E-state index in [-0.39, 0.29) is 6.10 Å². The van der Waals surface area contributed by atoms with E-state index in [1.165, 1.54) is 16.7 Å². The number of rotatable bonds is 10. The molecule has 0 saturated carbocycles. The van der Waals surface area contributed by atoms with Gasteiger partial charge in [-0.1, -0.05) is 54.6 Å². The van der Waals surface area contributed by atoms with Gasteiger partial charge in [0.05, 0.1) is 12.6 Å². The molecule has 2 aromatic carbocycles. The number of hydrogen-bond donors (Lipinski definition) is 2. The molecule has 0 aliphatic carbocycles. The molecule has 0 spiro atoms. The fourth-order valence-electron chi connectivity index (χ4n) is 3.21. The van der Waals surface area contributed by atoms with Crippen LogP contribution in [-0.2, 0) is 17.8 Å². The first-order valence-electron chi connectivity index (χ1n) is 10.4. The maximum Gasteiger partial charge on any atom is 0.191 e. The lowest BCUT2D eigenvalue weighted by Crippen LogP contribution is -2.37. The average molecular weight is 406 g/mol. The molecule has 1 unspecified atom stereocenters. The van der Waals surface area contributed by atoms with Gasteiger partial charge in [-0.15, -0.1) is 0 Å². The van der Waals surface area contributed by atoms with E-state index in [9.17, 15) is 0 Å². The second-order valence-electron chi connectivity index (χ2n) is 7.10. The number of nitrogens with zero attached hydrogens (tertiary/aromatic N) is 3. The quantitative estimate of drug-likeness (QED) is 0.306.